The molecule has 0 aromatic rings. The molecule has 1 aliphatic carbocycles. The molecule has 0 bridgehead atoms. The lowest BCUT2D eigenvalue weighted by Crippen LogP contribution is -2.45. The molecule has 0 aromatic carbocycles. The highest BCUT2D eigenvalue weighted by atomic mass is 32.2. The lowest BCUT2D eigenvalue weighted by molar-refractivity contribution is 0.303. The van der Waals surface area contributed by atoms with E-state index in [0.717, 1.165) is 12.5 Å². The molecule has 1 spiro atoms. The summed E-state index contributed by atoms with van der Waals surface area (Å²) >= 11 is 1.95. The van der Waals surface area contributed by atoms with E-state index in [0.29, 0.717) is 5.54 Å². The Balaban J connectivity index is 1.86. The molecular formula is C14H26N2S. The van der Waals surface area contributed by atoms with E-state index >= 15 is 0 Å². The molecule has 1 heterocycles. The predicted octanol–water partition coefficient (Wildman–Crippen LogP) is 3.82. The van der Waals surface area contributed by atoms with Crippen molar-refractivity contribution in [2.75, 3.05) is 12.3 Å². The van der Waals surface area contributed by atoms with Crippen molar-refractivity contribution in [2.24, 2.45) is 10.9 Å². The van der Waals surface area contributed by atoms with Crippen molar-refractivity contribution in [3.8, 4) is 0 Å². The summed E-state index contributed by atoms with van der Waals surface area (Å²) in [7, 11) is 0. The smallest absolute Gasteiger partial charge is 0.157 e. The molecule has 0 aromatic heterocycles. The average molecular weight is 254 g/mol. The summed E-state index contributed by atoms with van der Waals surface area (Å²) < 4.78 is 0. The quantitative estimate of drug-likeness (QED) is 0.825. The molecular weight excluding hydrogens is 228 g/mol. The van der Waals surface area contributed by atoms with E-state index in [2.05, 4.69) is 19.2 Å². The number of hydrogen-bond acceptors (Lipinski definition) is 2. The van der Waals surface area contributed by atoms with Crippen LogP contribution in [0.1, 0.15) is 58.8 Å². The fraction of sp³-hybridized carbons (Fsp3) is 0.929. The Morgan fingerprint density at radius 3 is 2.59 bits per heavy atom. The second-order valence-electron chi connectivity index (χ2n) is 5.58. The monoisotopic (exact) mass is 254 g/mol. The van der Waals surface area contributed by atoms with Gasteiger partial charge in [-0.25, -0.2) is 0 Å². The third-order valence-electron chi connectivity index (χ3n) is 4.32. The molecule has 2 fully saturated rings. The van der Waals surface area contributed by atoms with E-state index in [4.69, 9.17) is 4.99 Å². The molecule has 1 saturated heterocycles. The SMILES string of the molecule is CCC(CC)CN=C1NC2(CCCCC2)CS1. The molecule has 1 aliphatic heterocycles. The van der Waals surface area contributed by atoms with Gasteiger partial charge >= 0.3 is 0 Å². The van der Waals surface area contributed by atoms with E-state index in [1.165, 1.54) is 55.9 Å². The van der Waals surface area contributed by atoms with Gasteiger partial charge in [-0.2, -0.15) is 0 Å². The zero-order valence-electron chi connectivity index (χ0n) is 11.3. The van der Waals surface area contributed by atoms with Gasteiger partial charge in [-0.3, -0.25) is 4.99 Å². The van der Waals surface area contributed by atoms with Crippen molar-refractivity contribution < 1.29 is 0 Å². The summed E-state index contributed by atoms with van der Waals surface area (Å²) in [5, 5.41) is 4.94. The Labute approximate surface area is 110 Å². The van der Waals surface area contributed by atoms with Crippen molar-refractivity contribution in [3.63, 3.8) is 0 Å². The summed E-state index contributed by atoms with van der Waals surface area (Å²) in [4.78, 5) is 4.78. The fourth-order valence-electron chi connectivity index (χ4n) is 2.85. The van der Waals surface area contributed by atoms with Gasteiger partial charge in [0, 0.05) is 17.8 Å². The summed E-state index contributed by atoms with van der Waals surface area (Å²) in [5.74, 6) is 2.02. The molecule has 3 heteroatoms. The van der Waals surface area contributed by atoms with Crippen molar-refractivity contribution in [3.05, 3.63) is 0 Å². The molecule has 0 amide bonds. The molecule has 2 rings (SSSR count). The molecule has 2 aliphatic rings. The molecule has 2 nitrogen and oxygen atoms in total. The van der Waals surface area contributed by atoms with Crippen LogP contribution >= 0.6 is 11.8 Å². The summed E-state index contributed by atoms with van der Waals surface area (Å²) in [6.45, 7) is 5.55. The average Bonchev–Trinajstić information content (AvgIpc) is 2.75. The van der Waals surface area contributed by atoms with Crippen LogP contribution in [0.25, 0.3) is 0 Å². The van der Waals surface area contributed by atoms with E-state index in [1.54, 1.807) is 0 Å². The largest absolute Gasteiger partial charge is 0.359 e. The van der Waals surface area contributed by atoms with Crippen LogP contribution in [0.15, 0.2) is 4.99 Å². The number of hydrogen-bond donors (Lipinski definition) is 1. The Kier molecular flexibility index (Phi) is 4.78. The molecule has 98 valence electrons. The first-order valence-corrected chi connectivity index (χ1v) is 8.22. The van der Waals surface area contributed by atoms with E-state index in [1.807, 2.05) is 11.8 Å². The van der Waals surface area contributed by atoms with Gasteiger partial charge in [0.15, 0.2) is 5.17 Å². The first-order valence-electron chi connectivity index (χ1n) is 7.23. The van der Waals surface area contributed by atoms with Gasteiger partial charge in [-0.1, -0.05) is 57.7 Å². The van der Waals surface area contributed by atoms with Crippen LogP contribution in [0.3, 0.4) is 0 Å². The highest BCUT2D eigenvalue weighted by Crippen LogP contribution is 2.36. The number of thioether (sulfide) groups is 1. The number of rotatable bonds is 4. The van der Waals surface area contributed by atoms with Gasteiger partial charge in [0.25, 0.3) is 0 Å². The van der Waals surface area contributed by atoms with Crippen LogP contribution in [0, 0.1) is 5.92 Å². The van der Waals surface area contributed by atoms with Gasteiger partial charge in [-0.05, 0) is 18.8 Å². The van der Waals surface area contributed by atoms with Crippen LogP contribution in [0.5, 0.6) is 0 Å². The molecule has 0 radical (unpaired) electrons. The predicted molar refractivity (Wildman–Crippen MR) is 77.8 cm³/mol. The normalized spacial score (nSPS) is 25.7. The standard InChI is InChI=1S/C14H26N2S/c1-3-12(4-2)10-15-13-16-14(11-17-13)8-6-5-7-9-14/h12H,3-11H2,1-2H3,(H,15,16). The Bertz CT molecular complexity index is 265. The van der Waals surface area contributed by atoms with Crippen LogP contribution in [0.2, 0.25) is 0 Å². The first-order chi connectivity index (χ1) is 8.28. The maximum atomic E-state index is 4.78. The molecule has 1 saturated carbocycles. The molecule has 17 heavy (non-hydrogen) atoms. The Morgan fingerprint density at radius 2 is 1.94 bits per heavy atom. The number of amidine groups is 1. The Morgan fingerprint density at radius 1 is 1.24 bits per heavy atom. The van der Waals surface area contributed by atoms with Crippen molar-refractivity contribution in [1.29, 1.82) is 0 Å². The van der Waals surface area contributed by atoms with Gasteiger partial charge < -0.3 is 5.32 Å². The van der Waals surface area contributed by atoms with Crippen molar-refractivity contribution >= 4 is 16.9 Å². The first kappa shape index (κ1) is 13.3. The van der Waals surface area contributed by atoms with Gasteiger partial charge in [0.2, 0.25) is 0 Å². The second-order valence-corrected chi connectivity index (χ2v) is 6.55. The topological polar surface area (TPSA) is 24.4 Å². The Hall–Kier alpha value is -0.180. The van der Waals surface area contributed by atoms with Crippen molar-refractivity contribution in [2.45, 2.75) is 64.3 Å². The van der Waals surface area contributed by atoms with Gasteiger partial charge in [0.1, 0.15) is 0 Å². The third-order valence-corrected chi connectivity index (χ3v) is 5.52. The lowest BCUT2D eigenvalue weighted by Gasteiger charge is -2.32. The van der Waals surface area contributed by atoms with E-state index in [-0.39, 0.29) is 0 Å². The van der Waals surface area contributed by atoms with E-state index in [9.17, 15) is 0 Å². The molecule has 0 unspecified atom stereocenters. The zero-order chi connectivity index (χ0) is 12.1. The zero-order valence-corrected chi connectivity index (χ0v) is 12.1. The lowest BCUT2D eigenvalue weighted by atomic mass is 9.83. The summed E-state index contributed by atoms with van der Waals surface area (Å²) in [5.41, 5.74) is 0.412. The third kappa shape index (κ3) is 3.40. The molecule has 0 atom stereocenters. The maximum Gasteiger partial charge on any atom is 0.157 e. The highest BCUT2D eigenvalue weighted by Gasteiger charge is 2.37. The summed E-state index contributed by atoms with van der Waals surface area (Å²) in [6.07, 6.45) is 9.43. The van der Waals surface area contributed by atoms with E-state index < -0.39 is 0 Å². The number of nitrogens with one attached hydrogen (secondary N) is 1. The minimum absolute atomic E-state index is 0.412. The maximum absolute atomic E-state index is 4.78. The van der Waals surface area contributed by atoms with Crippen LogP contribution in [-0.2, 0) is 0 Å². The van der Waals surface area contributed by atoms with Crippen LogP contribution in [-0.4, -0.2) is 23.0 Å². The number of aliphatic imine (C=N–C) groups is 1. The van der Waals surface area contributed by atoms with Gasteiger partial charge in [-0.15, -0.1) is 0 Å². The molecule has 1 N–H and O–H groups in total. The second kappa shape index (κ2) is 6.12. The number of nitrogens with zero attached hydrogens (tertiary/aromatic N) is 1. The van der Waals surface area contributed by atoms with Crippen molar-refractivity contribution in [1.82, 2.24) is 5.32 Å². The fourth-order valence-corrected chi connectivity index (χ4v) is 4.08. The minimum atomic E-state index is 0.412. The summed E-state index contributed by atoms with van der Waals surface area (Å²) in [6, 6.07) is 0. The van der Waals surface area contributed by atoms with Crippen LogP contribution < -0.4 is 5.32 Å². The minimum Gasteiger partial charge on any atom is -0.359 e. The van der Waals surface area contributed by atoms with Gasteiger partial charge in [0.05, 0.1) is 0 Å². The van der Waals surface area contributed by atoms with Crippen LogP contribution in [0.4, 0.5) is 0 Å². The highest BCUT2D eigenvalue weighted by molar-refractivity contribution is 8.14.